The Balaban J connectivity index is 1.57. The van der Waals surface area contributed by atoms with Gasteiger partial charge in [-0.3, -0.25) is 10.1 Å². The largest absolute Gasteiger partial charge is 0.374 e. The molecule has 102 valence electrons. The number of hydrogen-bond acceptors (Lipinski definition) is 3. The van der Waals surface area contributed by atoms with Gasteiger partial charge in [0, 0.05) is 21.6 Å². The Labute approximate surface area is 125 Å². The molecule has 1 aliphatic carbocycles. The summed E-state index contributed by atoms with van der Waals surface area (Å²) in [5, 5.41) is 11.0. The average Bonchev–Trinajstić information content (AvgIpc) is 3.03. The highest BCUT2D eigenvalue weighted by Gasteiger charge is 2.58. The third kappa shape index (κ3) is 2.63. The number of nitro groups is 1. The smallest absolute Gasteiger partial charge is 0.272 e. The molecule has 1 saturated heterocycles. The van der Waals surface area contributed by atoms with Crippen molar-refractivity contribution >= 4 is 28.3 Å². The molecule has 0 amide bonds. The summed E-state index contributed by atoms with van der Waals surface area (Å²) >= 11 is 2.20. The van der Waals surface area contributed by atoms with Crippen LogP contribution >= 0.6 is 22.6 Å². The van der Waals surface area contributed by atoms with E-state index in [1.165, 1.54) is 12.8 Å². The summed E-state index contributed by atoms with van der Waals surface area (Å²) in [4.78, 5) is 10.7. The number of nitro benzene ring substituents is 1. The van der Waals surface area contributed by atoms with E-state index < -0.39 is 0 Å². The molecule has 0 bridgehead atoms. The number of nitrogens with zero attached hydrogens (tertiary/aromatic N) is 1. The van der Waals surface area contributed by atoms with Crippen molar-refractivity contribution in [2.45, 2.75) is 37.7 Å². The van der Waals surface area contributed by atoms with Crippen LogP contribution < -0.4 is 0 Å². The van der Waals surface area contributed by atoms with Crippen molar-refractivity contribution in [3.05, 3.63) is 37.4 Å². The van der Waals surface area contributed by atoms with E-state index in [2.05, 4.69) is 22.6 Å². The fourth-order valence-corrected chi connectivity index (χ4v) is 3.60. The third-order valence-corrected chi connectivity index (χ3v) is 5.00. The zero-order valence-electron chi connectivity index (χ0n) is 10.6. The molecule has 0 aromatic heterocycles. The summed E-state index contributed by atoms with van der Waals surface area (Å²) < 4.78 is 6.67. The number of rotatable bonds is 5. The van der Waals surface area contributed by atoms with Crippen LogP contribution in [0.1, 0.15) is 31.2 Å². The van der Waals surface area contributed by atoms with Crippen LogP contribution in [-0.4, -0.2) is 17.1 Å². The molecule has 4 nitrogen and oxygen atoms in total. The molecule has 3 rings (SSSR count). The van der Waals surface area contributed by atoms with Crippen molar-refractivity contribution in [2.75, 3.05) is 6.61 Å². The Kier molecular flexibility index (Phi) is 3.51. The maximum atomic E-state index is 11.0. The number of hydrogen-bond donors (Lipinski definition) is 0. The second-order valence-corrected chi connectivity index (χ2v) is 6.73. The summed E-state index contributed by atoms with van der Waals surface area (Å²) in [6, 6.07) is 5.34. The Bertz CT molecular complexity index is 513. The van der Waals surface area contributed by atoms with Crippen molar-refractivity contribution in [1.29, 1.82) is 0 Å². The Morgan fingerprint density at radius 3 is 2.89 bits per heavy atom. The van der Waals surface area contributed by atoms with E-state index in [0.29, 0.717) is 5.92 Å². The minimum atomic E-state index is -0.279. The molecule has 5 heteroatoms. The first-order valence-corrected chi connectivity index (χ1v) is 7.75. The van der Waals surface area contributed by atoms with Gasteiger partial charge in [-0.25, -0.2) is 0 Å². The molecule has 1 aromatic rings. The normalized spacial score (nSPS) is 28.2. The molecule has 2 unspecified atom stereocenters. The van der Waals surface area contributed by atoms with E-state index in [1.807, 2.05) is 6.07 Å². The van der Waals surface area contributed by atoms with E-state index in [1.54, 1.807) is 12.1 Å². The fourth-order valence-electron chi connectivity index (χ4n) is 3.04. The molecule has 1 aliphatic heterocycles. The minimum Gasteiger partial charge on any atom is -0.374 e. The molecule has 2 atom stereocenters. The highest BCUT2D eigenvalue weighted by Crippen LogP contribution is 2.56. The minimum absolute atomic E-state index is 0.233. The maximum absolute atomic E-state index is 11.0. The summed E-state index contributed by atoms with van der Waals surface area (Å²) in [5.41, 5.74) is 1.35. The average molecular weight is 373 g/mol. The molecule has 0 N–H and O–H groups in total. The van der Waals surface area contributed by atoms with Gasteiger partial charge in [0.1, 0.15) is 0 Å². The number of ether oxygens (including phenoxy) is 1. The number of aryl methyl sites for hydroxylation is 1. The van der Waals surface area contributed by atoms with Crippen molar-refractivity contribution < 1.29 is 9.66 Å². The van der Waals surface area contributed by atoms with Crippen LogP contribution in [0.5, 0.6) is 0 Å². The Morgan fingerprint density at radius 2 is 2.32 bits per heavy atom. The molecule has 19 heavy (non-hydrogen) atoms. The molecular weight excluding hydrogens is 357 g/mol. The zero-order chi connectivity index (χ0) is 13.5. The molecule has 0 radical (unpaired) electrons. The molecule has 1 heterocycles. The third-order valence-electron chi connectivity index (χ3n) is 4.33. The molecule has 1 saturated carbocycles. The summed E-state index contributed by atoms with van der Waals surface area (Å²) in [6.07, 6.45) is 5.33. The van der Waals surface area contributed by atoms with Crippen molar-refractivity contribution in [3.63, 3.8) is 0 Å². The standard InChI is InChI=1S/C14H16INO3/c15-12-4-5-13(16(17)18)10(8-12)2-1-3-11-9-14(11)6-7-19-14/h4-5,8,11H,1-3,6-7,9H2. The Hall–Kier alpha value is -0.690. The summed E-state index contributed by atoms with van der Waals surface area (Å²) in [6.45, 7) is 0.916. The lowest BCUT2D eigenvalue weighted by Crippen LogP contribution is -2.31. The maximum Gasteiger partial charge on any atom is 0.272 e. The van der Waals surface area contributed by atoms with Gasteiger partial charge in [-0.15, -0.1) is 0 Å². The second-order valence-electron chi connectivity index (χ2n) is 5.49. The zero-order valence-corrected chi connectivity index (χ0v) is 12.8. The van der Waals surface area contributed by atoms with Crippen LogP contribution in [0.4, 0.5) is 5.69 Å². The van der Waals surface area contributed by atoms with Crippen LogP contribution in [0.25, 0.3) is 0 Å². The van der Waals surface area contributed by atoms with Gasteiger partial charge < -0.3 is 4.74 Å². The first-order chi connectivity index (χ1) is 9.11. The van der Waals surface area contributed by atoms with E-state index in [4.69, 9.17) is 4.74 Å². The van der Waals surface area contributed by atoms with E-state index in [-0.39, 0.29) is 16.2 Å². The first-order valence-electron chi connectivity index (χ1n) is 6.67. The van der Waals surface area contributed by atoms with Crippen molar-refractivity contribution in [3.8, 4) is 0 Å². The van der Waals surface area contributed by atoms with E-state index in [9.17, 15) is 10.1 Å². The lowest BCUT2D eigenvalue weighted by atomic mass is 10.0. The lowest BCUT2D eigenvalue weighted by Gasteiger charge is -2.28. The topological polar surface area (TPSA) is 52.4 Å². The predicted octanol–water partition coefficient (Wildman–Crippen LogP) is 3.70. The van der Waals surface area contributed by atoms with Crippen LogP contribution in [0, 0.1) is 19.6 Å². The van der Waals surface area contributed by atoms with Gasteiger partial charge in [0.05, 0.1) is 17.1 Å². The highest BCUT2D eigenvalue weighted by atomic mass is 127. The van der Waals surface area contributed by atoms with Crippen LogP contribution in [-0.2, 0) is 11.2 Å². The quantitative estimate of drug-likeness (QED) is 0.449. The second kappa shape index (κ2) is 5.01. The predicted molar refractivity (Wildman–Crippen MR) is 80.2 cm³/mol. The number of halogens is 1. The molecular formula is C14H16INO3. The summed E-state index contributed by atoms with van der Waals surface area (Å²) in [5.74, 6) is 0.697. The fraction of sp³-hybridized carbons (Fsp3) is 0.571. The van der Waals surface area contributed by atoms with Crippen molar-refractivity contribution in [1.82, 2.24) is 0 Å². The van der Waals surface area contributed by atoms with Crippen LogP contribution in [0.2, 0.25) is 0 Å². The van der Waals surface area contributed by atoms with Crippen molar-refractivity contribution in [2.24, 2.45) is 5.92 Å². The molecule has 1 aromatic carbocycles. The first kappa shape index (κ1) is 13.3. The van der Waals surface area contributed by atoms with Gasteiger partial charge in [-0.2, -0.15) is 0 Å². The van der Waals surface area contributed by atoms with Gasteiger partial charge in [0.25, 0.3) is 5.69 Å². The van der Waals surface area contributed by atoms with Crippen LogP contribution in [0.15, 0.2) is 18.2 Å². The van der Waals surface area contributed by atoms with Gasteiger partial charge in [-0.05, 0) is 66.3 Å². The summed E-state index contributed by atoms with van der Waals surface area (Å²) in [7, 11) is 0. The molecule has 1 spiro atoms. The SMILES string of the molecule is O=[N+]([O-])c1ccc(I)cc1CCCC1CC12CCO2. The van der Waals surface area contributed by atoms with E-state index in [0.717, 1.165) is 35.0 Å². The molecule has 2 aliphatic rings. The Morgan fingerprint density at radius 1 is 1.53 bits per heavy atom. The highest BCUT2D eigenvalue weighted by molar-refractivity contribution is 14.1. The van der Waals surface area contributed by atoms with E-state index >= 15 is 0 Å². The molecule has 2 fully saturated rings. The van der Waals surface area contributed by atoms with Crippen LogP contribution in [0.3, 0.4) is 0 Å². The van der Waals surface area contributed by atoms with Gasteiger partial charge >= 0.3 is 0 Å². The monoisotopic (exact) mass is 373 g/mol. The van der Waals surface area contributed by atoms with Gasteiger partial charge in [-0.1, -0.05) is 0 Å². The number of benzene rings is 1. The van der Waals surface area contributed by atoms with Gasteiger partial charge in [0.15, 0.2) is 0 Å². The van der Waals surface area contributed by atoms with Gasteiger partial charge in [0.2, 0.25) is 0 Å². The lowest BCUT2D eigenvalue weighted by molar-refractivity contribution is -0.385.